The molecule has 1 unspecified atom stereocenters. The molecule has 1 atom stereocenters. The van der Waals surface area contributed by atoms with Crippen molar-refractivity contribution < 1.29 is 0 Å². The molecule has 0 aliphatic heterocycles. The van der Waals surface area contributed by atoms with Crippen LogP contribution in [0.15, 0.2) is 54.7 Å². The standard InChI is InChI=1S/C17H18N2/c1-12-6-5-7-13(10-12)17(18)15-11-19(2)16-9-4-3-8-14(15)16/h3-11,17H,18H2,1-2H3. The van der Waals surface area contributed by atoms with Crippen LogP contribution in [0.4, 0.5) is 0 Å². The maximum atomic E-state index is 6.45. The second kappa shape index (κ2) is 4.56. The molecule has 0 saturated carbocycles. The van der Waals surface area contributed by atoms with Crippen molar-refractivity contribution in [2.45, 2.75) is 13.0 Å². The van der Waals surface area contributed by atoms with E-state index < -0.39 is 0 Å². The maximum absolute atomic E-state index is 6.45. The summed E-state index contributed by atoms with van der Waals surface area (Å²) in [6.45, 7) is 2.10. The number of hydrogen-bond donors (Lipinski definition) is 1. The zero-order chi connectivity index (χ0) is 13.4. The number of hydrogen-bond acceptors (Lipinski definition) is 1. The van der Waals surface area contributed by atoms with Crippen LogP contribution in [0.25, 0.3) is 10.9 Å². The van der Waals surface area contributed by atoms with E-state index in [-0.39, 0.29) is 6.04 Å². The van der Waals surface area contributed by atoms with Gasteiger partial charge in [0.1, 0.15) is 0 Å². The third kappa shape index (κ3) is 2.04. The van der Waals surface area contributed by atoms with E-state index >= 15 is 0 Å². The van der Waals surface area contributed by atoms with Crippen molar-refractivity contribution in [2.75, 3.05) is 0 Å². The maximum Gasteiger partial charge on any atom is 0.0573 e. The number of rotatable bonds is 2. The largest absolute Gasteiger partial charge is 0.350 e. The minimum Gasteiger partial charge on any atom is -0.350 e. The fourth-order valence-corrected chi connectivity index (χ4v) is 2.66. The van der Waals surface area contributed by atoms with Crippen LogP contribution in [0.1, 0.15) is 22.7 Å². The van der Waals surface area contributed by atoms with Crippen LogP contribution in [0.2, 0.25) is 0 Å². The van der Waals surface area contributed by atoms with Gasteiger partial charge in [-0.15, -0.1) is 0 Å². The summed E-state index contributed by atoms with van der Waals surface area (Å²) in [6.07, 6.45) is 2.14. The predicted molar refractivity (Wildman–Crippen MR) is 80.1 cm³/mol. The fourth-order valence-electron chi connectivity index (χ4n) is 2.66. The summed E-state index contributed by atoms with van der Waals surface area (Å²) in [6, 6.07) is 16.7. The molecule has 0 spiro atoms. The van der Waals surface area contributed by atoms with Crippen molar-refractivity contribution in [2.24, 2.45) is 12.8 Å². The van der Waals surface area contributed by atoms with Crippen molar-refractivity contribution >= 4 is 10.9 Å². The van der Waals surface area contributed by atoms with Gasteiger partial charge in [0, 0.05) is 24.1 Å². The van der Waals surface area contributed by atoms with Gasteiger partial charge in [-0.2, -0.15) is 0 Å². The molecule has 1 aromatic heterocycles. The van der Waals surface area contributed by atoms with E-state index in [1.54, 1.807) is 0 Å². The molecule has 0 saturated heterocycles. The third-order valence-electron chi connectivity index (χ3n) is 3.66. The Kier molecular flexibility index (Phi) is 2.88. The highest BCUT2D eigenvalue weighted by atomic mass is 14.9. The van der Waals surface area contributed by atoms with Crippen molar-refractivity contribution in [3.8, 4) is 0 Å². The van der Waals surface area contributed by atoms with Gasteiger partial charge in [-0.1, -0.05) is 48.0 Å². The number of benzene rings is 2. The van der Waals surface area contributed by atoms with E-state index in [1.807, 2.05) is 0 Å². The van der Waals surface area contributed by atoms with Crippen molar-refractivity contribution in [3.05, 3.63) is 71.4 Å². The Labute approximate surface area is 113 Å². The van der Waals surface area contributed by atoms with Gasteiger partial charge in [-0.3, -0.25) is 0 Å². The Bertz CT molecular complexity index is 725. The molecular formula is C17H18N2. The minimum atomic E-state index is -0.0778. The van der Waals surface area contributed by atoms with Crippen molar-refractivity contribution in [1.82, 2.24) is 4.57 Å². The summed E-state index contributed by atoms with van der Waals surface area (Å²) in [5.74, 6) is 0. The average molecular weight is 250 g/mol. The first kappa shape index (κ1) is 12.0. The van der Waals surface area contributed by atoms with E-state index in [9.17, 15) is 0 Å². The number of nitrogens with two attached hydrogens (primary N) is 1. The van der Waals surface area contributed by atoms with Gasteiger partial charge in [0.05, 0.1) is 6.04 Å². The highest BCUT2D eigenvalue weighted by Crippen LogP contribution is 2.28. The second-order valence-electron chi connectivity index (χ2n) is 5.10. The van der Waals surface area contributed by atoms with Gasteiger partial charge in [0.25, 0.3) is 0 Å². The number of para-hydroxylation sites is 1. The predicted octanol–water partition coefficient (Wildman–Crippen LogP) is 3.53. The van der Waals surface area contributed by atoms with Crippen LogP contribution >= 0.6 is 0 Å². The molecular weight excluding hydrogens is 232 g/mol. The molecule has 0 amide bonds. The van der Waals surface area contributed by atoms with Crippen LogP contribution in [0.5, 0.6) is 0 Å². The highest BCUT2D eigenvalue weighted by Gasteiger charge is 2.14. The fraction of sp³-hybridized carbons (Fsp3) is 0.176. The normalized spacial score (nSPS) is 12.8. The smallest absolute Gasteiger partial charge is 0.0573 e. The molecule has 0 bridgehead atoms. The van der Waals surface area contributed by atoms with Crippen LogP contribution in [-0.4, -0.2) is 4.57 Å². The molecule has 2 aromatic carbocycles. The van der Waals surface area contributed by atoms with Crippen LogP contribution in [-0.2, 0) is 7.05 Å². The lowest BCUT2D eigenvalue weighted by molar-refractivity contribution is 0.860. The van der Waals surface area contributed by atoms with E-state index in [0.717, 1.165) is 5.56 Å². The lowest BCUT2D eigenvalue weighted by Gasteiger charge is -2.12. The molecule has 96 valence electrons. The first-order chi connectivity index (χ1) is 9.16. The molecule has 19 heavy (non-hydrogen) atoms. The van der Waals surface area contributed by atoms with Crippen LogP contribution in [0.3, 0.4) is 0 Å². The van der Waals surface area contributed by atoms with Gasteiger partial charge in [0.15, 0.2) is 0 Å². The Hall–Kier alpha value is -2.06. The van der Waals surface area contributed by atoms with Crippen molar-refractivity contribution in [3.63, 3.8) is 0 Å². The van der Waals surface area contributed by atoms with Gasteiger partial charge in [0.2, 0.25) is 0 Å². The Morgan fingerprint density at radius 3 is 2.63 bits per heavy atom. The first-order valence-electron chi connectivity index (χ1n) is 6.53. The number of nitrogens with zero attached hydrogens (tertiary/aromatic N) is 1. The number of aromatic nitrogens is 1. The molecule has 3 aromatic rings. The summed E-state index contributed by atoms with van der Waals surface area (Å²) in [5, 5.41) is 1.24. The summed E-state index contributed by atoms with van der Waals surface area (Å²) >= 11 is 0. The number of aryl methyl sites for hydroxylation is 2. The molecule has 2 N–H and O–H groups in total. The monoisotopic (exact) mass is 250 g/mol. The number of fused-ring (bicyclic) bond motifs is 1. The summed E-state index contributed by atoms with van der Waals surface area (Å²) in [7, 11) is 2.06. The molecule has 0 radical (unpaired) electrons. The molecule has 3 rings (SSSR count). The van der Waals surface area contributed by atoms with Gasteiger partial charge < -0.3 is 10.3 Å². The van der Waals surface area contributed by atoms with E-state index in [0.29, 0.717) is 0 Å². The minimum absolute atomic E-state index is 0.0778. The zero-order valence-corrected chi connectivity index (χ0v) is 11.3. The highest BCUT2D eigenvalue weighted by molar-refractivity contribution is 5.84. The lowest BCUT2D eigenvalue weighted by Crippen LogP contribution is -2.11. The average Bonchev–Trinajstić information content (AvgIpc) is 2.76. The van der Waals surface area contributed by atoms with E-state index in [1.165, 1.54) is 22.0 Å². The Balaban J connectivity index is 2.14. The third-order valence-corrected chi connectivity index (χ3v) is 3.66. The zero-order valence-electron chi connectivity index (χ0n) is 11.3. The quantitative estimate of drug-likeness (QED) is 0.741. The summed E-state index contributed by atoms with van der Waals surface area (Å²) in [4.78, 5) is 0. The molecule has 1 heterocycles. The van der Waals surface area contributed by atoms with Crippen LogP contribution < -0.4 is 5.73 Å². The molecule has 0 aliphatic rings. The first-order valence-corrected chi connectivity index (χ1v) is 6.53. The van der Waals surface area contributed by atoms with Gasteiger partial charge in [-0.25, -0.2) is 0 Å². The Morgan fingerprint density at radius 2 is 1.84 bits per heavy atom. The topological polar surface area (TPSA) is 30.9 Å². The molecule has 0 fully saturated rings. The lowest BCUT2D eigenvalue weighted by atomic mass is 9.98. The van der Waals surface area contributed by atoms with E-state index in [4.69, 9.17) is 5.73 Å². The second-order valence-corrected chi connectivity index (χ2v) is 5.10. The summed E-state index contributed by atoms with van der Waals surface area (Å²) < 4.78 is 2.14. The van der Waals surface area contributed by atoms with Gasteiger partial charge >= 0.3 is 0 Å². The Morgan fingerprint density at radius 1 is 1.05 bits per heavy atom. The molecule has 2 nitrogen and oxygen atoms in total. The van der Waals surface area contributed by atoms with Crippen LogP contribution in [0, 0.1) is 6.92 Å². The molecule has 0 aliphatic carbocycles. The van der Waals surface area contributed by atoms with Gasteiger partial charge in [-0.05, 0) is 24.1 Å². The SMILES string of the molecule is Cc1cccc(C(N)c2cn(C)c3ccccc23)c1. The van der Waals surface area contributed by atoms with Crippen molar-refractivity contribution in [1.29, 1.82) is 0 Å². The summed E-state index contributed by atoms with van der Waals surface area (Å²) in [5.41, 5.74) is 11.3. The molecule has 2 heteroatoms. The van der Waals surface area contributed by atoms with E-state index in [2.05, 4.69) is 73.3 Å².